The van der Waals surface area contributed by atoms with E-state index >= 15 is 0 Å². The van der Waals surface area contributed by atoms with Gasteiger partial charge in [0.1, 0.15) is 11.3 Å². The average molecular weight is 291 g/mol. The standard InChI is InChI=1S/C15H15ClN2O2/c1-3-18-14(11(16)8-17-18)15(19)13-7-10-6-9(2)4-5-12(10)20-13/h4-8,15,19H,3H2,1-2H3. The van der Waals surface area contributed by atoms with Crippen LogP contribution in [0.4, 0.5) is 0 Å². The van der Waals surface area contributed by atoms with Crippen molar-refractivity contribution in [3.8, 4) is 0 Å². The smallest absolute Gasteiger partial charge is 0.155 e. The molecule has 1 atom stereocenters. The molecule has 0 aliphatic rings. The molecule has 2 heterocycles. The Hall–Kier alpha value is -1.78. The van der Waals surface area contributed by atoms with E-state index in [1.165, 1.54) is 6.20 Å². The predicted molar refractivity (Wildman–Crippen MR) is 77.9 cm³/mol. The van der Waals surface area contributed by atoms with E-state index < -0.39 is 6.10 Å². The van der Waals surface area contributed by atoms with Crippen LogP contribution in [0.15, 0.2) is 34.9 Å². The van der Waals surface area contributed by atoms with Gasteiger partial charge in [0.05, 0.1) is 16.9 Å². The highest BCUT2D eigenvalue weighted by Gasteiger charge is 2.22. The normalized spacial score (nSPS) is 13.0. The Kier molecular flexibility index (Phi) is 3.28. The number of nitrogens with zero attached hydrogens (tertiary/aromatic N) is 2. The third kappa shape index (κ3) is 2.11. The molecule has 0 fully saturated rings. The zero-order valence-electron chi connectivity index (χ0n) is 11.3. The van der Waals surface area contributed by atoms with Gasteiger partial charge in [-0.05, 0) is 32.0 Å². The molecule has 0 saturated carbocycles. The van der Waals surface area contributed by atoms with Crippen molar-refractivity contribution in [2.24, 2.45) is 0 Å². The van der Waals surface area contributed by atoms with E-state index in [1.807, 2.05) is 38.1 Å². The van der Waals surface area contributed by atoms with Gasteiger partial charge in [-0.25, -0.2) is 0 Å². The maximum atomic E-state index is 10.5. The third-order valence-corrected chi connectivity index (χ3v) is 3.64. The van der Waals surface area contributed by atoms with E-state index in [9.17, 15) is 5.11 Å². The van der Waals surface area contributed by atoms with Gasteiger partial charge in [-0.2, -0.15) is 5.10 Å². The molecule has 0 aliphatic carbocycles. The molecular formula is C15H15ClN2O2. The van der Waals surface area contributed by atoms with Crippen molar-refractivity contribution in [2.45, 2.75) is 26.5 Å². The number of furan rings is 1. The monoisotopic (exact) mass is 290 g/mol. The van der Waals surface area contributed by atoms with Gasteiger partial charge in [-0.15, -0.1) is 0 Å². The number of aromatic nitrogens is 2. The first kappa shape index (κ1) is 13.2. The summed E-state index contributed by atoms with van der Waals surface area (Å²) in [6.07, 6.45) is 0.619. The Morgan fingerprint density at radius 2 is 2.20 bits per heavy atom. The molecule has 2 aromatic heterocycles. The van der Waals surface area contributed by atoms with Crippen LogP contribution in [-0.4, -0.2) is 14.9 Å². The highest BCUT2D eigenvalue weighted by Crippen LogP contribution is 2.32. The zero-order valence-corrected chi connectivity index (χ0v) is 12.1. The van der Waals surface area contributed by atoms with Crippen LogP contribution in [0.2, 0.25) is 5.02 Å². The first-order valence-electron chi connectivity index (χ1n) is 6.49. The minimum absolute atomic E-state index is 0.441. The van der Waals surface area contributed by atoms with Crippen molar-refractivity contribution in [1.29, 1.82) is 0 Å². The minimum atomic E-state index is -0.919. The summed E-state index contributed by atoms with van der Waals surface area (Å²) in [4.78, 5) is 0. The first-order valence-corrected chi connectivity index (χ1v) is 6.87. The SMILES string of the molecule is CCn1ncc(Cl)c1C(O)c1cc2cc(C)ccc2o1. The third-order valence-electron chi connectivity index (χ3n) is 3.35. The minimum Gasteiger partial charge on any atom is -0.458 e. The van der Waals surface area contributed by atoms with Gasteiger partial charge in [0.15, 0.2) is 6.10 Å². The molecule has 1 unspecified atom stereocenters. The lowest BCUT2D eigenvalue weighted by atomic mass is 10.1. The van der Waals surface area contributed by atoms with E-state index in [2.05, 4.69) is 5.10 Å². The summed E-state index contributed by atoms with van der Waals surface area (Å²) in [6.45, 7) is 4.60. The average Bonchev–Trinajstić information content (AvgIpc) is 3.00. The van der Waals surface area contributed by atoms with Gasteiger partial charge in [0, 0.05) is 11.9 Å². The highest BCUT2D eigenvalue weighted by atomic mass is 35.5. The van der Waals surface area contributed by atoms with Gasteiger partial charge in [-0.3, -0.25) is 4.68 Å². The Bertz CT molecular complexity index is 760. The molecule has 3 aromatic rings. The summed E-state index contributed by atoms with van der Waals surface area (Å²) in [5.74, 6) is 0.475. The number of aliphatic hydroxyl groups is 1. The fraction of sp³-hybridized carbons (Fsp3) is 0.267. The van der Waals surface area contributed by atoms with Crippen LogP contribution in [0.25, 0.3) is 11.0 Å². The molecule has 104 valence electrons. The molecule has 5 heteroatoms. The van der Waals surface area contributed by atoms with Crippen molar-refractivity contribution in [2.75, 3.05) is 0 Å². The van der Waals surface area contributed by atoms with Gasteiger partial charge < -0.3 is 9.52 Å². The van der Waals surface area contributed by atoms with Gasteiger partial charge in [0.25, 0.3) is 0 Å². The van der Waals surface area contributed by atoms with E-state index in [-0.39, 0.29) is 0 Å². The summed E-state index contributed by atoms with van der Waals surface area (Å²) in [6, 6.07) is 7.75. The molecular weight excluding hydrogens is 276 g/mol. The second kappa shape index (κ2) is 4.96. The van der Waals surface area contributed by atoms with Crippen molar-refractivity contribution < 1.29 is 9.52 Å². The lowest BCUT2D eigenvalue weighted by Crippen LogP contribution is -2.08. The van der Waals surface area contributed by atoms with Crippen LogP contribution in [0.5, 0.6) is 0 Å². The fourth-order valence-electron chi connectivity index (χ4n) is 2.35. The lowest BCUT2D eigenvalue weighted by Gasteiger charge is -2.10. The summed E-state index contributed by atoms with van der Waals surface area (Å²) in [5, 5.41) is 16.0. The molecule has 0 aliphatic heterocycles. The Morgan fingerprint density at radius 1 is 1.40 bits per heavy atom. The number of hydrogen-bond acceptors (Lipinski definition) is 3. The number of halogens is 1. The molecule has 3 rings (SSSR count). The van der Waals surface area contributed by atoms with Crippen LogP contribution in [0.3, 0.4) is 0 Å². The van der Waals surface area contributed by atoms with Crippen LogP contribution >= 0.6 is 11.6 Å². The van der Waals surface area contributed by atoms with E-state index in [4.69, 9.17) is 16.0 Å². The largest absolute Gasteiger partial charge is 0.458 e. The van der Waals surface area contributed by atoms with Crippen LogP contribution in [0, 0.1) is 6.92 Å². The maximum absolute atomic E-state index is 10.5. The van der Waals surface area contributed by atoms with Crippen molar-refractivity contribution >= 4 is 22.6 Å². The molecule has 20 heavy (non-hydrogen) atoms. The second-order valence-electron chi connectivity index (χ2n) is 4.79. The summed E-state index contributed by atoms with van der Waals surface area (Å²) in [5.41, 5.74) is 2.46. The van der Waals surface area contributed by atoms with Gasteiger partial charge in [0.2, 0.25) is 0 Å². The number of aryl methyl sites for hydroxylation is 2. The Balaban J connectivity index is 2.07. The van der Waals surface area contributed by atoms with E-state index in [0.717, 1.165) is 16.5 Å². The first-order chi connectivity index (χ1) is 9.60. The van der Waals surface area contributed by atoms with Gasteiger partial charge in [-0.1, -0.05) is 23.2 Å². The molecule has 0 spiro atoms. The second-order valence-corrected chi connectivity index (χ2v) is 5.19. The number of benzene rings is 1. The lowest BCUT2D eigenvalue weighted by molar-refractivity contribution is 0.181. The summed E-state index contributed by atoms with van der Waals surface area (Å²) in [7, 11) is 0. The molecule has 0 radical (unpaired) electrons. The summed E-state index contributed by atoms with van der Waals surface area (Å²) < 4.78 is 7.39. The number of aliphatic hydroxyl groups excluding tert-OH is 1. The van der Waals surface area contributed by atoms with E-state index in [0.29, 0.717) is 23.0 Å². The molecule has 0 saturated heterocycles. The Morgan fingerprint density at radius 3 is 2.95 bits per heavy atom. The number of hydrogen-bond donors (Lipinski definition) is 1. The predicted octanol–water partition coefficient (Wildman–Crippen LogP) is 3.69. The van der Waals surface area contributed by atoms with Crippen LogP contribution < -0.4 is 0 Å². The molecule has 4 nitrogen and oxygen atoms in total. The quantitative estimate of drug-likeness (QED) is 0.800. The van der Waals surface area contributed by atoms with Crippen molar-refractivity contribution in [3.05, 3.63) is 52.5 Å². The topological polar surface area (TPSA) is 51.2 Å². The zero-order chi connectivity index (χ0) is 14.3. The molecule has 1 aromatic carbocycles. The van der Waals surface area contributed by atoms with Crippen molar-refractivity contribution in [3.63, 3.8) is 0 Å². The molecule has 1 N–H and O–H groups in total. The highest BCUT2D eigenvalue weighted by molar-refractivity contribution is 6.31. The summed E-state index contributed by atoms with van der Waals surface area (Å²) >= 11 is 6.11. The Labute approximate surface area is 121 Å². The van der Waals surface area contributed by atoms with E-state index in [1.54, 1.807) is 4.68 Å². The number of fused-ring (bicyclic) bond motifs is 1. The van der Waals surface area contributed by atoms with Crippen LogP contribution in [-0.2, 0) is 6.54 Å². The maximum Gasteiger partial charge on any atom is 0.155 e. The van der Waals surface area contributed by atoms with Crippen molar-refractivity contribution in [1.82, 2.24) is 9.78 Å². The van der Waals surface area contributed by atoms with Gasteiger partial charge >= 0.3 is 0 Å². The molecule has 0 amide bonds. The number of rotatable bonds is 3. The fourth-order valence-corrected chi connectivity index (χ4v) is 2.59. The molecule has 0 bridgehead atoms. The van der Waals surface area contributed by atoms with Crippen LogP contribution in [0.1, 0.15) is 30.0 Å².